The Morgan fingerprint density at radius 2 is 1.50 bits per heavy atom. The number of hydrogen-bond acceptors (Lipinski definition) is 4. The molecule has 0 fully saturated rings. The molecule has 0 rings (SSSR count). The third-order valence-electron chi connectivity index (χ3n) is 1.01. The predicted molar refractivity (Wildman–Crippen MR) is 90.9 cm³/mol. The summed E-state index contributed by atoms with van der Waals surface area (Å²) in [6.45, 7) is 4.91. The number of allylic oxidation sites excluding steroid dienone is 1. The van der Waals surface area contributed by atoms with Crippen molar-refractivity contribution in [3.05, 3.63) is 11.6 Å². The lowest BCUT2D eigenvalue weighted by Crippen LogP contribution is -1.94. The first-order chi connectivity index (χ1) is 9.77. The molecule has 7 nitrogen and oxygen atoms in total. The van der Waals surface area contributed by atoms with Crippen molar-refractivity contribution in [1.82, 2.24) is 0 Å². The molecule has 136 valence electrons. The summed E-state index contributed by atoms with van der Waals surface area (Å²) in [6.07, 6.45) is 1.46. The molecule has 1 atom stereocenters. The largest absolute Gasteiger partial charge is 0.481 e. The highest BCUT2D eigenvalue weighted by Crippen LogP contribution is 2.57. The van der Waals surface area contributed by atoms with Gasteiger partial charge in [0, 0.05) is 11.8 Å². The van der Waals surface area contributed by atoms with E-state index in [9.17, 15) is 9.13 Å². The molecule has 0 radical (unpaired) electrons. The molecule has 1 unspecified atom stereocenters. The van der Waals surface area contributed by atoms with E-state index in [1.54, 1.807) is 20.8 Å². The maximum atomic E-state index is 10.8. The van der Waals surface area contributed by atoms with Gasteiger partial charge in [0.25, 0.3) is 0 Å². The third kappa shape index (κ3) is 37.4. The first-order valence-corrected chi connectivity index (χ1v) is 10.5. The van der Waals surface area contributed by atoms with E-state index in [0.29, 0.717) is 11.8 Å². The van der Waals surface area contributed by atoms with Gasteiger partial charge in [-0.15, -0.1) is 46.4 Å². The number of phosphoric ester groups is 1. The Morgan fingerprint density at radius 3 is 1.73 bits per heavy atom. The summed E-state index contributed by atoms with van der Waals surface area (Å²) in [5, 5.41) is 0. The summed E-state index contributed by atoms with van der Waals surface area (Å²) in [5.74, 6) is 1.11. The quantitative estimate of drug-likeness (QED) is 0.315. The fourth-order valence-electron chi connectivity index (χ4n) is 0.456. The molecule has 0 aliphatic heterocycles. The van der Waals surface area contributed by atoms with Gasteiger partial charge in [0.05, 0.1) is 6.61 Å². The lowest BCUT2D eigenvalue weighted by atomic mass is 10.3. The van der Waals surface area contributed by atoms with Crippen LogP contribution in [-0.2, 0) is 18.0 Å². The lowest BCUT2D eigenvalue weighted by molar-refractivity contribution is 0.191. The number of rotatable bonds is 6. The highest BCUT2D eigenvalue weighted by molar-refractivity contribution is 7.60. The molecule has 3 N–H and O–H groups in total. The van der Waals surface area contributed by atoms with Crippen molar-refractivity contribution < 1.29 is 32.6 Å². The van der Waals surface area contributed by atoms with Gasteiger partial charge < -0.3 is 14.7 Å². The van der Waals surface area contributed by atoms with Crippen LogP contribution in [0, 0.1) is 0 Å². The highest BCUT2D eigenvalue weighted by Gasteiger charge is 2.31. The number of halogens is 4. The van der Waals surface area contributed by atoms with E-state index in [-0.39, 0.29) is 11.4 Å². The molecule has 0 aliphatic rings. The minimum absolute atomic E-state index is 0.222. The van der Waals surface area contributed by atoms with Gasteiger partial charge in [-0.1, -0.05) is 11.6 Å². The minimum atomic E-state index is -5.01. The summed E-state index contributed by atoms with van der Waals surface area (Å²) < 4.78 is 28.8. The monoisotopic (exact) mass is 442 g/mol. The van der Waals surface area contributed by atoms with Crippen LogP contribution in [0.4, 0.5) is 0 Å². The van der Waals surface area contributed by atoms with Crippen LogP contribution in [0.1, 0.15) is 20.8 Å². The molecule has 0 aliphatic carbocycles. The molecule has 0 aromatic rings. The van der Waals surface area contributed by atoms with Gasteiger partial charge in [-0.2, -0.15) is 4.31 Å². The molecule has 0 aromatic heterocycles. The first-order valence-electron chi connectivity index (χ1n) is 5.55. The van der Waals surface area contributed by atoms with Gasteiger partial charge in [-0.05, 0) is 20.8 Å². The zero-order valence-corrected chi connectivity index (χ0v) is 17.0. The van der Waals surface area contributed by atoms with Gasteiger partial charge >= 0.3 is 15.6 Å². The molecule has 0 saturated heterocycles. The Balaban J connectivity index is -0.000000372. The molecular formula is C9H20Cl4O7P2. The van der Waals surface area contributed by atoms with E-state index in [0.717, 1.165) is 5.57 Å². The van der Waals surface area contributed by atoms with Crippen LogP contribution in [0.15, 0.2) is 11.6 Å². The second-order valence-electron chi connectivity index (χ2n) is 3.51. The van der Waals surface area contributed by atoms with Crippen molar-refractivity contribution in [3.8, 4) is 0 Å². The molecule has 0 spiro atoms. The first kappa shape index (κ1) is 28.0. The zero-order chi connectivity index (χ0) is 18.4. The Kier molecular flexibility index (Phi) is 19.9. The summed E-state index contributed by atoms with van der Waals surface area (Å²) in [6, 6.07) is 0. The SMILES string of the molecule is CC(C)=CCOP(=O)(O)OP(=O)(O)O.CC(Cl)Cl.ClCCCl. The fourth-order valence-corrected chi connectivity index (χ4v) is 1.98. The summed E-state index contributed by atoms with van der Waals surface area (Å²) in [4.78, 5) is 25.0. The Hall–Kier alpha value is 1.16. The van der Waals surface area contributed by atoms with E-state index in [4.69, 9.17) is 61.1 Å². The van der Waals surface area contributed by atoms with Crippen LogP contribution in [0.3, 0.4) is 0 Å². The van der Waals surface area contributed by atoms with Crippen molar-refractivity contribution in [3.63, 3.8) is 0 Å². The van der Waals surface area contributed by atoms with Gasteiger partial charge in [0.15, 0.2) is 0 Å². The zero-order valence-electron chi connectivity index (χ0n) is 12.2. The maximum absolute atomic E-state index is 10.8. The van der Waals surface area contributed by atoms with Crippen molar-refractivity contribution >= 4 is 62.0 Å². The normalized spacial score (nSPS) is 13.2. The lowest BCUT2D eigenvalue weighted by Gasteiger charge is -2.10. The Morgan fingerprint density at radius 1 is 1.14 bits per heavy atom. The van der Waals surface area contributed by atoms with E-state index in [2.05, 4.69) is 8.83 Å². The molecule has 0 heterocycles. The topological polar surface area (TPSA) is 113 Å². The van der Waals surface area contributed by atoms with E-state index >= 15 is 0 Å². The molecule has 0 aromatic carbocycles. The van der Waals surface area contributed by atoms with Gasteiger partial charge in [0.1, 0.15) is 4.84 Å². The van der Waals surface area contributed by atoms with E-state index < -0.39 is 15.6 Å². The van der Waals surface area contributed by atoms with Crippen LogP contribution in [0.25, 0.3) is 0 Å². The summed E-state index contributed by atoms with van der Waals surface area (Å²) in [5.41, 5.74) is 0.834. The Labute approximate surface area is 150 Å². The number of phosphoric acid groups is 2. The van der Waals surface area contributed by atoms with Crippen LogP contribution in [-0.4, -0.2) is 37.9 Å². The van der Waals surface area contributed by atoms with E-state index in [1.165, 1.54) is 6.08 Å². The van der Waals surface area contributed by atoms with Crippen molar-refractivity contribution in [2.75, 3.05) is 18.4 Å². The molecule has 22 heavy (non-hydrogen) atoms. The van der Waals surface area contributed by atoms with Crippen LogP contribution in [0.2, 0.25) is 0 Å². The molecule has 0 saturated carbocycles. The summed E-state index contributed by atoms with van der Waals surface area (Å²) >= 11 is 20.2. The smallest absolute Gasteiger partial charge is 0.302 e. The Bertz CT molecular complexity index is 377. The second-order valence-corrected chi connectivity index (χ2v) is 8.63. The van der Waals surface area contributed by atoms with Crippen molar-refractivity contribution in [2.45, 2.75) is 25.6 Å². The maximum Gasteiger partial charge on any atom is 0.481 e. The fraction of sp³-hybridized carbons (Fsp3) is 0.778. The van der Waals surface area contributed by atoms with E-state index in [1.807, 2.05) is 0 Å². The van der Waals surface area contributed by atoms with Crippen molar-refractivity contribution in [2.24, 2.45) is 0 Å². The van der Waals surface area contributed by atoms with Gasteiger partial charge in [0.2, 0.25) is 0 Å². The second kappa shape index (κ2) is 15.7. The standard InChI is InChI=1S/C5H12O7P2.2C2H4Cl2/c1-5(2)3-4-11-14(9,10)12-13(6,7)8;1-2(3)4;3-1-2-4/h3H,4H2,1-2H3,(H,9,10)(H2,6,7,8);2H,1H3;1-2H2. The summed E-state index contributed by atoms with van der Waals surface area (Å²) in [7, 11) is -9.69. The minimum Gasteiger partial charge on any atom is -0.302 e. The molecule has 13 heteroatoms. The van der Waals surface area contributed by atoms with Crippen LogP contribution >= 0.6 is 62.0 Å². The number of alkyl halides is 4. The van der Waals surface area contributed by atoms with Crippen LogP contribution < -0.4 is 0 Å². The average molecular weight is 444 g/mol. The molecular weight excluding hydrogens is 424 g/mol. The number of hydrogen-bond donors (Lipinski definition) is 3. The third-order valence-corrected chi connectivity index (χ3v) is 3.73. The average Bonchev–Trinajstić information content (AvgIpc) is 2.24. The molecule has 0 amide bonds. The van der Waals surface area contributed by atoms with Crippen LogP contribution in [0.5, 0.6) is 0 Å². The highest BCUT2D eigenvalue weighted by atomic mass is 35.5. The van der Waals surface area contributed by atoms with Gasteiger partial charge in [-0.3, -0.25) is 4.52 Å². The molecule has 0 bridgehead atoms. The van der Waals surface area contributed by atoms with Crippen molar-refractivity contribution in [1.29, 1.82) is 0 Å². The predicted octanol–water partition coefficient (Wildman–Crippen LogP) is 4.45. The van der Waals surface area contributed by atoms with Gasteiger partial charge in [-0.25, -0.2) is 9.13 Å².